The molecule has 1 aliphatic heterocycles. The Morgan fingerprint density at radius 2 is 1.90 bits per heavy atom. The lowest BCUT2D eigenvalue weighted by molar-refractivity contribution is -0.139. The summed E-state index contributed by atoms with van der Waals surface area (Å²) in [5.74, 6) is -0.277. The second-order valence-electron chi connectivity index (χ2n) is 9.23. The molecule has 0 unspecified atom stereocenters. The van der Waals surface area contributed by atoms with Gasteiger partial charge < -0.3 is 19.7 Å². The number of hydrogen-bond acceptors (Lipinski definition) is 5. The van der Waals surface area contributed by atoms with Crippen molar-refractivity contribution in [2.45, 2.75) is 58.8 Å². The van der Waals surface area contributed by atoms with Crippen molar-refractivity contribution in [2.75, 3.05) is 19.7 Å². The lowest BCUT2D eigenvalue weighted by Gasteiger charge is -2.35. The van der Waals surface area contributed by atoms with E-state index in [1.807, 2.05) is 71.9 Å². The van der Waals surface area contributed by atoms with Crippen LogP contribution < -0.4 is 5.32 Å². The number of fused-ring (bicyclic) bond motifs is 1. The van der Waals surface area contributed by atoms with E-state index in [1.165, 1.54) is 4.90 Å². The van der Waals surface area contributed by atoms with E-state index in [2.05, 4.69) is 5.32 Å². The van der Waals surface area contributed by atoms with Gasteiger partial charge in [-0.15, -0.1) is 0 Å². The number of carbonyl (C=O) groups is 2. The van der Waals surface area contributed by atoms with Gasteiger partial charge in [-0.3, -0.25) is 9.78 Å². The van der Waals surface area contributed by atoms with Crippen molar-refractivity contribution >= 4 is 22.8 Å². The molecule has 1 aromatic carbocycles. The van der Waals surface area contributed by atoms with Crippen LogP contribution in [0, 0.1) is 6.92 Å². The van der Waals surface area contributed by atoms with Crippen LogP contribution in [0.2, 0.25) is 0 Å². The summed E-state index contributed by atoms with van der Waals surface area (Å²) >= 11 is 0. The number of nitrogens with one attached hydrogen (secondary N) is 1. The number of aryl methyl sites for hydroxylation is 1. The molecule has 162 valence electrons. The quantitative estimate of drug-likeness (QED) is 0.833. The summed E-state index contributed by atoms with van der Waals surface area (Å²) in [7, 11) is 0. The van der Waals surface area contributed by atoms with Crippen LogP contribution in [0.5, 0.6) is 0 Å². The number of nitrogens with zero attached hydrogens (tertiary/aromatic N) is 2. The Hall–Kier alpha value is -2.67. The number of rotatable bonds is 3. The average Bonchev–Trinajstić information content (AvgIpc) is 2.65. The predicted octanol–water partition coefficient (Wildman–Crippen LogP) is 3.53. The van der Waals surface area contributed by atoms with Crippen LogP contribution in [0.15, 0.2) is 30.3 Å². The maximum Gasteiger partial charge on any atom is 0.410 e. The standard InChI is InChI=1S/C23H31N3O4/c1-15-13-16-9-7-8-10-17(16)19(24-15)23(5,6)25-20(27)18-14-26(11-12-29-18)21(28)30-22(2,3)4/h7-10,13,18H,11-12,14H2,1-6H3,(H,25,27)/t18-/m0/s1. The van der Waals surface area contributed by atoms with Crippen molar-refractivity contribution in [1.82, 2.24) is 15.2 Å². The van der Waals surface area contributed by atoms with Gasteiger partial charge in [0, 0.05) is 17.6 Å². The molecule has 0 aliphatic carbocycles. The normalized spacial score (nSPS) is 17.7. The fraction of sp³-hybridized carbons (Fsp3) is 0.522. The Kier molecular flexibility index (Phi) is 6.04. The first-order valence-corrected chi connectivity index (χ1v) is 10.2. The summed E-state index contributed by atoms with van der Waals surface area (Å²) in [5, 5.41) is 5.13. The number of benzene rings is 1. The Bertz CT molecular complexity index is 949. The smallest absolute Gasteiger partial charge is 0.410 e. The van der Waals surface area contributed by atoms with E-state index < -0.39 is 23.3 Å². The minimum atomic E-state index is -0.762. The molecule has 1 N–H and O–H groups in total. The largest absolute Gasteiger partial charge is 0.444 e. The summed E-state index contributed by atoms with van der Waals surface area (Å²) < 4.78 is 11.1. The van der Waals surface area contributed by atoms with E-state index >= 15 is 0 Å². The SMILES string of the molecule is Cc1cc2ccccc2c(C(C)(C)NC(=O)[C@@H]2CN(C(=O)OC(C)(C)C)CCO2)n1. The molecule has 0 spiro atoms. The number of amides is 2. The lowest BCUT2D eigenvalue weighted by atomic mass is 9.94. The Labute approximate surface area is 177 Å². The minimum absolute atomic E-state index is 0.152. The summed E-state index contributed by atoms with van der Waals surface area (Å²) in [6, 6.07) is 10.0. The van der Waals surface area contributed by atoms with Gasteiger partial charge in [0.05, 0.1) is 24.4 Å². The molecule has 30 heavy (non-hydrogen) atoms. The second-order valence-corrected chi connectivity index (χ2v) is 9.23. The molecule has 0 bridgehead atoms. The molecular weight excluding hydrogens is 382 g/mol. The van der Waals surface area contributed by atoms with Gasteiger partial charge in [-0.2, -0.15) is 0 Å². The van der Waals surface area contributed by atoms with Crippen LogP contribution in [0.25, 0.3) is 10.8 Å². The van der Waals surface area contributed by atoms with Crippen molar-refractivity contribution in [3.8, 4) is 0 Å². The monoisotopic (exact) mass is 413 g/mol. The Balaban J connectivity index is 1.76. The molecule has 7 heteroatoms. The number of pyridine rings is 1. The number of aromatic nitrogens is 1. The van der Waals surface area contributed by atoms with E-state index in [4.69, 9.17) is 14.5 Å². The first-order valence-electron chi connectivity index (χ1n) is 10.2. The molecule has 1 saturated heterocycles. The van der Waals surface area contributed by atoms with E-state index in [-0.39, 0.29) is 19.1 Å². The van der Waals surface area contributed by atoms with Gasteiger partial charge in [0.25, 0.3) is 5.91 Å². The predicted molar refractivity (Wildman–Crippen MR) is 115 cm³/mol. The molecule has 1 aromatic heterocycles. The molecule has 2 aromatic rings. The van der Waals surface area contributed by atoms with Crippen LogP contribution in [-0.4, -0.2) is 53.3 Å². The molecule has 2 amide bonds. The van der Waals surface area contributed by atoms with E-state index in [9.17, 15) is 9.59 Å². The van der Waals surface area contributed by atoms with Gasteiger partial charge in [0.2, 0.25) is 0 Å². The van der Waals surface area contributed by atoms with E-state index in [0.29, 0.717) is 6.54 Å². The van der Waals surface area contributed by atoms with Crippen LogP contribution in [0.3, 0.4) is 0 Å². The lowest BCUT2D eigenvalue weighted by Crippen LogP contribution is -2.55. The van der Waals surface area contributed by atoms with Gasteiger partial charge in [0.1, 0.15) is 5.60 Å². The third-order valence-electron chi connectivity index (χ3n) is 4.91. The van der Waals surface area contributed by atoms with Crippen LogP contribution in [-0.2, 0) is 19.8 Å². The van der Waals surface area contributed by atoms with Gasteiger partial charge in [0.15, 0.2) is 6.10 Å². The third-order valence-corrected chi connectivity index (χ3v) is 4.91. The van der Waals surface area contributed by atoms with Crippen molar-refractivity contribution in [3.05, 3.63) is 41.7 Å². The zero-order valence-corrected chi connectivity index (χ0v) is 18.6. The highest BCUT2D eigenvalue weighted by molar-refractivity contribution is 5.87. The van der Waals surface area contributed by atoms with E-state index in [0.717, 1.165) is 22.2 Å². The second kappa shape index (κ2) is 8.22. The third kappa shape index (κ3) is 5.08. The summed E-state index contributed by atoms with van der Waals surface area (Å²) in [6.45, 7) is 12.1. The molecule has 0 saturated carbocycles. The maximum atomic E-state index is 13.0. The fourth-order valence-corrected chi connectivity index (χ4v) is 3.56. The van der Waals surface area contributed by atoms with Crippen molar-refractivity contribution in [2.24, 2.45) is 0 Å². The maximum absolute atomic E-state index is 13.0. The van der Waals surface area contributed by atoms with Gasteiger partial charge in [-0.1, -0.05) is 24.3 Å². The average molecular weight is 414 g/mol. The van der Waals surface area contributed by atoms with Gasteiger partial charge >= 0.3 is 6.09 Å². The van der Waals surface area contributed by atoms with E-state index in [1.54, 1.807) is 0 Å². The summed E-state index contributed by atoms with van der Waals surface area (Å²) in [5.41, 5.74) is 0.370. The molecule has 1 atom stereocenters. The Morgan fingerprint density at radius 1 is 1.20 bits per heavy atom. The number of morpholine rings is 1. The highest BCUT2D eigenvalue weighted by atomic mass is 16.6. The van der Waals surface area contributed by atoms with Crippen LogP contribution >= 0.6 is 0 Å². The van der Waals surface area contributed by atoms with Crippen molar-refractivity contribution in [3.63, 3.8) is 0 Å². The van der Waals surface area contributed by atoms with Crippen LogP contribution in [0.1, 0.15) is 46.0 Å². The van der Waals surface area contributed by atoms with Gasteiger partial charge in [-0.05, 0) is 53.0 Å². The Morgan fingerprint density at radius 3 is 2.60 bits per heavy atom. The van der Waals surface area contributed by atoms with Crippen molar-refractivity contribution in [1.29, 1.82) is 0 Å². The molecule has 1 aliphatic rings. The summed E-state index contributed by atoms with van der Waals surface area (Å²) in [4.78, 5) is 31.6. The molecule has 1 fully saturated rings. The highest BCUT2D eigenvalue weighted by Crippen LogP contribution is 2.28. The first-order chi connectivity index (χ1) is 14.0. The number of hydrogen-bond donors (Lipinski definition) is 1. The molecule has 3 rings (SSSR count). The van der Waals surface area contributed by atoms with Gasteiger partial charge in [-0.25, -0.2) is 4.79 Å². The molecule has 7 nitrogen and oxygen atoms in total. The molecule has 2 heterocycles. The number of ether oxygens (including phenoxy) is 2. The topological polar surface area (TPSA) is 80.8 Å². The first kappa shape index (κ1) is 22.0. The molecule has 0 radical (unpaired) electrons. The van der Waals surface area contributed by atoms with Crippen molar-refractivity contribution < 1.29 is 19.1 Å². The summed E-state index contributed by atoms with van der Waals surface area (Å²) in [6.07, 6.45) is -1.20. The number of carbonyl (C=O) groups excluding carboxylic acids is 2. The zero-order chi connectivity index (χ0) is 22.1. The molecular formula is C23H31N3O4. The van der Waals surface area contributed by atoms with Crippen LogP contribution in [0.4, 0.5) is 4.79 Å². The highest BCUT2D eigenvalue weighted by Gasteiger charge is 2.35. The fourth-order valence-electron chi connectivity index (χ4n) is 3.56. The zero-order valence-electron chi connectivity index (χ0n) is 18.6. The minimum Gasteiger partial charge on any atom is -0.444 e.